The lowest BCUT2D eigenvalue weighted by Gasteiger charge is -2.24. The molecule has 0 saturated carbocycles. The molecule has 2 aromatic rings. The minimum absolute atomic E-state index is 0.215. The van der Waals surface area contributed by atoms with Gasteiger partial charge < -0.3 is 5.73 Å². The van der Waals surface area contributed by atoms with Gasteiger partial charge in [-0.25, -0.2) is 11.0 Å². The lowest BCUT2D eigenvalue weighted by molar-refractivity contribution is 0.248. The number of hydrogen-bond acceptors (Lipinski definition) is 5. The van der Waals surface area contributed by atoms with Gasteiger partial charge in [-0.15, -0.1) is 11.3 Å². The number of rotatable bonds is 4. The summed E-state index contributed by atoms with van der Waals surface area (Å²) < 4.78 is 0. The van der Waals surface area contributed by atoms with Crippen molar-refractivity contribution in [1.82, 2.24) is 5.12 Å². The van der Waals surface area contributed by atoms with E-state index < -0.39 is 0 Å². The molecule has 1 heterocycles. The second-order valence-electron chi connectivity index (χ2n) is 3.80. The number of nitrogens with zero attached hydrogens (tertiary/aromatic N) is 3. The van der Waals surface area contributed by atoms with Gasteiger partial charge in [0.2, 0.25) is 0 Å². The highest BCUT2D eigenvalue weighted by atomic mass is 32.1. The molecule has 19 heavy (non-hydrogen) atoms. The first-order valence-electron chi connectivity index (χ1n) is 5.58. The van der Waals surface area contributed by atoms with Crippen LogP contribution in [-0.4, -0.2) is 11.5 Å². The Morgan fingerprint density at radius 1 is 1.32 bits per heavy atom. The van der Waals surface area contributed by atoms with E-state index in [1.54, 1.807) is 23.5 Å². The standard InChI is InChI=1S/C13H13N5S/c14-8-10-3-5-11(6-4-10)13(18(16)17-9-15)12-2-1-7-19-12/h1-7,9,13H,16H2,(H2,15,17). The maximum Gasteiger partial charge on any atom is 0.123 e. The van der Waals surface area contributed by atoms with Crippen molar-refractivity contribution in [2.24, 2.45) is 16.7 Å². The summed E-state index contributed by atoms with van der Waals surface area (Å²) in [5.74, 6) is 5.92. The molecule has 5 nitrogen and oxygen atoms in total. The van der Waals surface area contributed by atoms with Gasteiger partial charge in [-0.05, 0) is 29.1 Å². The lowest BCUT2D eigenvalue weighted by Crippen LogP contribution is -2.31. The van der Waals surface area contributed by atoms with Crippen LogP contribution in [0.25, 0.3) is 0 Å². The van der Waals surface area contributed by atoms with Crippen LogP contribution in [-0.2, 0) is 0 Å². The fourth-order valence-electron chi connectivity index (χ4n) is 1.78. The van der Waals surface area contributed by atoms with Gasteiger partial charge in [0.05, 0.1) is 11.6 Å². The number of nitriles is 1. The van der Waals surface area contributed by atoms with E-state index in [4.69, 9.17) is 16.8 Å². The second kappa shape index (κ2) is 6.00. The fraction of sp³-hybridized carbons (Fsp3) is 0.0769. The molecular formula is C13H13N5S. The zero-order valence-electron chi connectivity index (χ0n) is 10.1. The molecule has 0 spiro atoms. The van der Waals surface area contributed by atoms with Crippen molar-refractivity contribution >= 4 is 17.7 Å². The van der Waals surface area contributed by atoms with Gasteiger partial charge >= 0.3 is 0 Å². The maximum atomic E-state index is 8.82. The molecule has 1 aromatic heterocycles. The van der Waals surface area contributed by atoms with Crippen molar-refractivity contribution in [2.75, 3.05) is 0 Å². The molecule has 1 unspecified atom stereocenters. The summed E-state index contributed by atoms with van der Waals surface area (Å²) in [6, 6.07) is 13.1. The number of benzene rings is 1. The van der Waals surface area contributed by atoms with Gasteiger partial charge in [0, 0.05) is 4.88 Å². The van der Waals surface area contributed by atoms with Gasteiger partial charge in [0.15, 0.2) is 0 Å². The van der Waals surface area contributed by atoms with Gasteiger partial charge in [-0.2, -0.15) is 10.4 Å². The molecule has 4 N–H and O–H groups in total. The molecule has 0 aliphatic rings. The summed E-state index contributed by atoms with van der Waals surface area (Å²) in [6.07, 6.45) is 1.16. The second-order valence-corrected chi connectivity index (χ2v) is 4.78. The van der Waals surface area contributed by atoms with Crippen LogP contribution in [0.4, 0.5) is 0 Å². The van der Waals surface area contributed by atoms with Crippen molar-refractivity contribution in [3.63, 3.8) is 0 Å². The van der Waals surface area contributed by atoms with Gasteiger partial charge in [-0.1, -0.05) is 18.2 Å². The molecule has 6 heteroatoms. The van der Waals surface area contributed by atoms with Crippen LogP contribution >= 0.6 is 11.3 Å². The van der Waals surface area contributed by atoms with Crippen molar-refractivity contribution in [2.45, 2.75) is 6.04 Å². The van der Waals surface area contributed by atoms with Crippen LogP contribution in [0.3, 0.4) is 0 Å². The minimum atomic E-state index is -0.215. The molecule has 0 amide bonds. The number of nitrogens with two attached hydrogens (primary N) is 2. The minimum Gasteiger partial charge on any atom is -0.388 e. The normalized spacial score (nSPS) is 12.2. The van der Waals surface area contributed by atoms with E-state index in [0.717, 1.165) is 16.8 Å². The molecule has 2 rings (SSSR count). The van der Waals surface area contributed by atoms with E-state index in [-0.39, 0.29) is 6.04 Å². The highest BCUT2D eigenvalue weighted by Gasteiger charge is 2.20. The molecule has 1 aromatic carbocycles. The Labute approximate surface area is 115 Å². The molecule has 96 valence electrons. The summed E-state index contributed by atoms with van der Waals surface area (Å²) in [5.41, 5.74) is 6.86. The van der Waals surface area contributed by atoms with Crippen molar-refractivity contribution in [3.05, 3.63) is 57.8 Å². The third kappa shape index (κ3) is 2.91. The SMILES string of the molecule is N#Cc1ccc(C(c2cccs2)N(N)/N=C\N)cc1. The van der Waals surface area contributed by atoms with Crippen LogP contribution in [0.2, 0.25) is 0 Å². The van der Waals surface area contributed by atoms with Crippen molar-refractivity contribution in [3.8, 4) is 6.07 Å². The van der Waals surface area contributed by atoms with Gasteiger partial charge in [-0.3, -0.25) is 0 Å². The van der Waals surface area contributed by atoms with Crippen LogP contribution < -0.4 is 11.6 Å². The van der Waals surface area contributed by atoms with E-state index in [9.17, 15) is 0 Å². The third-order valence-corrected chi connectivity index (χ3v) is 3.56. The molecule has 0 aliphatic heterocycles. The molecule has 0 saturated heterocycles. The Balaban J connectivity index is 2.39. The Bertz CT molecular complexity index is 582. The number of hydrazine groups is 1. The van der Waals surface area contributed by atoms with Crippen molar-refractivity contribution in [1.29, 1.82) is 5.26 Å². The molecule has 0 bridgehead atoms. The topological polar surface area (TPSA) is 91.4 Å². The Morgan fingerprint density at radius 2 is 2.05 bits per heavy atom. The van der Waals surface area contributed by atoms with E-state index in [1.165, 1.54) is 5.12 Å². The fourth-order valence-corrected chi connectivity index (χ4v) is 2.62. The first-order chi connectivity index (χ1) is 9.26. The zero-order valence-corrected chi connectivity index (χ0v) is 10.9. The summed E-state index contributed by atoms with van der Waals surface area (Å²) in [6.45, 7) is 0. The highest BCUT2D eigenvalue weighted by molar-refractivity contribution is 7.10. The summed E-state index contributed by atoms with van der Waals surface area (Å²) >= 11 is 1.59. The monoisotopic (exact) mass is 271 g/mol. The van der Waals surface area contributed by atoms with Crippen LogP contribution in [0.1, 0.15) is 22.0 Å². The lowest BCUT2D eigenvalue weighted by atomic mass is 10.0. The van der Waals surface area contributed by atoms with Gasteiger partial charge in [0.25, 0.3) is 0 Å². The van der Waals surface area contributed by atoms with Crippen LogP contribution in [0, 0.1) is 11.3 Å². The van der Waals surface area contributed by atoms with Crippen LogP contribution in [0.15, 0.2) is 46.9 Å². The average Bonchev–Trinajstić information content (AvgIpc) is 2.94. The van der Waals surface area contributed by atoms with E-state index in [0.29, 0.717) is 5.56 Å². The van der Waals surface area contributed by atoms with Crippen molar-refractivity contribution < 1.29 is 0 Å². The Kier molecular flexibility index (Phi) is 4.13. The van der Waals surface area contributed by atoms with Gasteiger partial charge in [0.1, 0.15) is 12.4 Å². The highest BCUT2D eigenvalue weighted by Crippen LogP contribution is 2.30. The van der Waals surface area contributed by atoms with E-state index in [1.807, 2.05) is 29.6 Å². The molecule has 1 atom stereocenters. The predicted octanol–water partition coefficient (Wildman–Crippen LogP) is 1.79. The van der Waals surface area contributed by atoms with E-state index >= 15 is 0 Å². The first kappa shape index (κ1) is 13.1. The zero-order chi connectivity index (χ0) is 13.7. The first-order valence-corrected chi connectivity index (χ1v) is 6.46. The summed E-state index contributed by atoms with van der Waals surface area (Å²) in [4.78, 5) is 1.05. The molecular weight excluding hydrogens is 258 g/mol. The largest absolute Gasteiger partial charge is 0.388 e. The molecule has 0 fully saturated rings. The summed E-state index contributed by atoms with van der Waals surface area (Å²) in [7, 11) is 0. The van der Waals surface area contributed by atoms with E-state index in [2.05, 4.69) is 11.2 Å². The average molecular weight is 271 g/mol. The smallest absolute Gasteiger partial charge is 0.123 e. The number of hydrazone groups is 1. The third-order valence-electron chi connectivity index (χ3n) is 2.63. The molecule has 0 radical (unpaired) electrons. The number of thiophene rings is 1. The summed E-state index contributed by atoms with van der Waals surface area (Å²) in [5, 5.41) is 16.0. The quantitative estimate of drug-likeness (QED) is 0.384. The molecule has 0 aliphatic carbocycles. The maximum absolute atomic E-state index is 8.82. The number of hydrogen-bond donors (Lipinski definition) is 2. The Morgan fingerprint density at radius 3 is 2.58 bits per heavy atom. The Hall–Kier alpha value is -2.36. The van der Waals surface area contributed by atoms with Crippen LogP contribution in [0.5, 0.6) is 0 Å². The predicted molar refractivity (Wildman–Crippen MR) is 76.0 cm³/mol.